The maximum Gasteiger partial charge on any atom is 0.330 e. The van der Waals surface area contributed by atoms with Crippen molar-refractivity contribution in [3.05, 3.63) is 24.3 Å². The van der Waals surface area contributed by atoms with E-state index in [1.54, 1.807) is 13.0 Å². The van der Waals surface area contributed by atoms with Crippen LogP contribution in [0.4, 0.5) is 0 Å². The molecule has 62 valence electrons. The van der Waals surface area contributed by atoms with Crippen LogP contribution in [0.3, 0.4) is 0 Å². The highest BCUT2D eigenvalue weighted by Gasteiger charge is 1.89. The number of hydrogen-bond acceptors (Lipinski definition) is 3. The zero-order valence-corrected chi connectivity index (χ0v) is 6.49. The van der Waals surface area contributed by atoms with Gasteiger partial charge in [-0.15, -0.1) is 0 Å². The second kappa shape index (κ2) is 7.02. The summed E-state index contributed by atoms with van der Waals surface area (Å²) >= 11 is 0. The molecule has 1 N–H and O–H groups in total. The minimum Gasteiger partial charge on any atom is -0.463 e. The monoisotopic (exact) mass is 156 g/mol. The van der Waals surface area contributed by atoms with Gasteiger partial charge in [-0.05, 0) is 6.92 Å². The van der Waals surface area contributed by atoms with E-state index in [1.165, 1.54) is 18.2 Å². The van der Waals surface area contributed by atoms with Gasteiger partial charge in [0.05, 0.1) is 13.2 Å². The fourth-order valence-electron chi connectivity index (χ4n) is 0.464. The van der Waals surface area contributed by atoms with Crippen molar-refractivity contribution in [1.29, 1.82) is 0 Å². The first-order chi connectivity index (χ1) is 5.31. The Balaban J connectivity index is 3.56. The van der Waals surface area contributed by atoms with Gasteiger partial charge in [-0.2, -0.15) is 0 Å². The number of carbonyl (C=O) groups is 1. The largest absolute Gasteiger partial charge is 0.463 e. The van der Waals surface area contributed by atoms with Crippen molar-refractivity contribution < 1.29 is 14.6 Å². The van der Waals surface area contributed by atoms with Crippen molar-refractivity contribution in [2.24, 2.45) is 0 Å². The van der Waals surface area contributed by atoms with E-state index in [9.17, 15) is 4.79 Å². The minimum absolute atomic E-state index is 0.0207. The average Bonchev–Trinajstić information content (AvgIpc) is 1.99. The molecular formula is C8H12O3. The molecule has 0 aliphatic heterocycles. The molecule has 0 aromatic rings. The highest BCUT2D eigenvalue weighted by atomic mass is 16.5. The quantitative estimate of drug-likeness (QED) is 0.369. The number of aliphatic hydroxyl groups is 1. The SMILES string of the molecule is CCOC(=O)/C=C/C=C\CO. The summed E-state index contributed by atoms with van der Waals surface area (Å²) < 4.78 is 4.60. The molecule has 0 aliphatic rings. The first kappa shape index (κ1) is 9.91. The van der Waals surface area contributed by atoms with E-state index in [1.807, 2.05) is 0 Å². The van der Waals surface area contributed by atoms with Gasteiger partial charge in [0.2, 0.25) is 0 Å². The van der Waals surface area contributed by atoms with E-state index in [4.69, 9.17) is 5.11 Å². The molecule has 0 unspecified atom stereocenters. The number of hydrogen-bond donors (Lipinski definition) is 1. The van der Waals surface area contributed by atoms with E-state index in [0.717, 1.165) is 0 Å². The van der Waals surface area contributed by atoms with Crippen molar-refractivity contribution >= 4 is 5.97 Å². The maximum atomic E-state index is 10.6. The molecule has 0 aromatic carbocycles. The van der Waals surface area contributed by atoms with Gasteiger partial charge in [-0.3, -0.25) is 0 Å². The Bertz CT molecular complexity index is 159. The van der Waals surface area contributed by atoms with Crippen LogP contribution in [0.1, 0.15) is 6.92 Å². The molecular weight excluding hydrogens is 144 g/mol. The van der Waals surface area contributed by atoms with E-state index in [2.05, 4.69) is 4.74 Å². The fourth-order valence-corrected chi connectivity index (χ4v) is 0.464. The molecule has 0 rings (SSSR count). The van der Waals surface area contributed by atoms with Crippen molar-refractivity contribution in [2.45, 2.75) is 6.92 Å². The summed E-state index contributed by atoms with van der Waals surface area (Å²) in [4.78, 5) is 10.6. The number of ether oxygens (including phenoxy) is 1. The van der Waals surface area contributed by atoms with Crippen LogP contribution >= 0.6 is 0 Å². The van der Waals surface area contributed by atoms with Crippen molar-refractivity contribution in [3.63, 3.8) is 0 Å². The second-order valence-corrected chi connectivity index (χ2v) is 1.72. The molecule has 0 fully saturated rings. The Labute approximate surface area is 66.0 Å². The maximum absolute atomic E-state index is 10.6. The summed E-state index contributed by atoms with van der Waals surface area (Å²) in [6, 6.07) is 0. The molecule has 3 heteroatoms. The van der Waals surface area contributed by atoms with Crippen molar-refractivity contribution in [1.82, 2.24) is 0 Å². The third kappa shape index (κ3) is 6.80. The lowest BCUT2D eigenvalue weighted by Gasteiger charge is -1.92. The zero-order valence-electron chi connectivity index (χ0n) is 6.49. The summed E-state index contributed by atoms with van der Waals surface area (Å²) in [6.07, 6.45) is 5.93. The van der Waals surface area contributed by atoms with Crippen LogP contribution in [-0.2, 0) is 9.53 Å². The molecule has 0 saturated heterocycles. The minimum atomic E-state index is -0.366. The Hall–Kier alpha value is -1.09. The second-order valence-electron chi connectivity index (χ2n) is 1.72. The summed E-state index contributed by atoms with van der Waals surface area (Å²) in [5.41, 5.74) is 0. The van der Waals surface area contributed by atoms with Gasteiger partial charge >= 0.3 is 5.97 Å². The third-order valence-corrected chi connectivity index (χ3v) is 0.872. The van der Waals surface area contributed by atoms with Gasteiger partial charge in [0.25, 0.3) is 0 Å². The van der Waals surface area contributed by atoms with Crippen molar-refractivity contribution in [3.8, 4) is 0 Å². The Kier molecular flexibility index (Phi) is 6.33. The zero-order chi connectivity index (χ0) is 8.53. The normalized spacial score (nSPS) is 11.1. The van der Waals surface area contributed by atoms with Gasteiger partial charge in [0.1, 0.15) is 0 Å². The first-order valence-electron chi connectivity index (χ1n) is 3.42. The highest BCUT2D eigenvalue weighted by molar-refractivity contribution is 5.82. The average molecular weight is 156 g/mol. The van der Waals surface area contributed by atoms with Gasteiger partial charge < -0.3 is 9.84 Å². The molecule has 0 bridgehead atoms. The highest BCUT2D eigenvalue weighted by Crippen LogP contribution is 1.82. The van der Waals surface area contributed by atoms with Crippen LogP contribution in [0.25, 0.3) is 0 Å². The van der Waals surface area contributed by atoms with Gasteiger partial charge in [-0.25, -0.2) is 4.79 Å². The Morgan fingerprint density at radius 2 is 2.27 bits per heavy atom. The smallest absolute Gasteiger partial charge is 0.330 e. The molecule has 0 heterocycles. The predicted octanol–water partition coefficient (Wildman–Crippen LogP) is 0.654. The molecule has 0 amide bonds. The number of rotatable bonds is 4. The van der Waals surface area contributed by atoms with Crippen LogP contribution in [0.2, 0.25) is 0 Å². The fraction of sp³-hybridized carbons (Fsp3) is 0.375. The Morgan fingerprint density at radius 3 is 2.82 bits per heavy atom. The topological polar surface area (TPSA) is 46.5 Å². The molecule has 0 aromatic heterocycles. The van der Waals surface area contributed by atoms with E-state index < -0.39 is 0 Å². The molecule has 0 aliphatic carbocycles. The number of carbonyl (C=O) groups excluding carboxylic acids is 1. The van der Waals surface area contributed by atoms with Gasteiger partial charge in [0, 0.05) is 6.08 Å². The standard InChI is InChI=1S/C8H12O3/c1-2-11-8(10)6-4-3-5-7-9/h3-6,9H,2,7H2,1H3/b5-3-,6-4+. The number of esters is 1. The van der Waals surface area contributed by atoms with Crippen LogP contribution < -0.4 is 0 Å². The lowest BCUT2D eigenvalue weighted by atomic mass is 10.4. The lowest BCUT2D eigenvalue weighted by molar-refractivity contribution is -0.137. The van der Waals surface area contributed by atoms with E-state index in [0.29, 0.717) is 6.61 Å². The number of aliphatic hydroxyl groups excluding tert-OH is 1. The Morgan fingerprint density at radius 1 is 1.55 bits per heavy atom. The van der Waals surface area contributed by atoms with Crippen LogP contribution in [0.5, 0.6) is 0 Å². The molecule has 0 spiro atoms. The van der Waals surface area contributed by atoms with E-state index in [-0.39, 0.29) is 12.6 Å². The lowest BCUT2D eigenvalue weighted by Crippen LogP contribution is -1.98. The predicted molar refractivity (Wildman–Crippen MR) is 42.0 cm³/mol. The summed E-state index contributed by atoms with van der Waals surface area (Å²) in [7, 11) is 0. The van der Waals surface area contributed by atoms with Crippen molar-refractivity contribution in [2.75, 3.05) is 13.2 Å². The molecule has 0 radical (unpaired) electrons. The van der Waals surface area contributed by atoms with Crippen LogP contribution in [0.15, 0.2) is 24.3 Å². The molecule has 11 heavy (non-hydrogen) atoms. The summed E-state index contributed by atoms with van der Waals surface area (Å²) in [5.74, 6) is -0.366. The van der Waals surface area contributed by atoms with E-state index >= 15 is 0 Å². The third-order valence-electron chi connectivity index (χ3n) is 0.872. The molecule has 0 saturated carbocycles. The summed E-state index contributed by atoms with van der Waals surface area (Å²) in [6.45, 7) is 2.11. The number of allylic oxidation sites excluding steroid dienone is 2. The van der Waals surface area contributed by atoms with Gasteiger partial charge in [0.15, 0.2) is 0 Å². The van der Waals surface area contributed by atoms with Gasteiger partial charge in [-0.1, -0.05) is 18.2 Å². The molecule has 0 atom stereocenters. The van der Waals surface area contributed by atoms with Crippen LogP contribution in [-0.4, -0.2) is 24.3 Å². The van der Waals surface area contributed by atoms with Crippen LogP contribution in [0, 0.1) is 0 Å². The first-order valence-corrected chi connectivity index (χ1v) is 3.42. The molecule has 3 nitrogen and oxygen atoms in total. The summed E-state index contributed by atoms with van der Waals surface area (Å²) in [5, 5.41) is 8.30.